The predicted octanol–water partition coefficient (Wildman–Crippen LogP) is 3.55. The van der Waals surface area contributed by atoms with Gasteiger partial charge in [-0.2, -0.15) is 11.8 Å². The molecular weight excluding hydrogens is 298 g/mol. The molecule has 1 unspecified atom stereocenters. The van der Waals surface area contributed by atoms with Crippen molar-refractivity contribution in [3.63, 3.8) is 0 Å². The number of nitrogens with zero attached hydrogens (tertiary/aromatic N) is 2. The highest BCUT2D eigenvalue weighted by Gasteiger charge is 2.20. The Labute approximate surface area is 137 Å². The molecule has 0 spiro atoms. The molecule has 1 saturated heterocycles. The van der Waals surface area contributed by atoms with Crippen LogP contribution in [0.4, 0.5) is 0 Å². The van der Waals surface area contributed by atoms with Gasteiger partial charge in [-0.25, -0.2) is 9.97 Å². The zero-order valence-electron chi connectivity index (χ0n) is 13.6. The van der Waals surface area contributed by atoms with Crippen molar-refractivity contribution in [2.75, 3.05) is 23.8 Å². The van der Waals surface area contributed by atoms with Crippen molar-refractivity contribution in [1.29, 1.82) is 0 Å². The summed E-state index contributed by atoms with van der Waals surface area (Å²) in [4.78, 5) is 9.61. The Balaban J connectivity index is 1.99. The number of nitrogens with one attached hydrogen (secondary N) is 1. The highest BCUT2D eigenvalue weighted by Crippen LogP contribution is 2.35. The van der Waals surface area contributed by atoms with Crippen LogP contribution in [0.3, 0.4) is 0 Å². The molecule has 0 bridgehead atoms. The average Bonchev–Trinajstić information content (AvgIpc) is 2.46. The molecule has 21 heavy (non-hydrogen) atoms. The van der Waals surface area contributed by atoms with Crippen molar-refractivity contribution < 1.29 is 0 Å². The van der Waals surface area contributed by atoms with Crippen LogP contribution in [-0.2, 0) is 6.42 Å². The molecule has 118 valence electrons. The second kappa shape index (κ2) is 8.39. The highest BCUT2D eigenvalue weighted by atomic mass is 32.2. The molecule has 2 heterocycles. The smallest absolute Gasteiger partial charge is 0.142 e. The lowest BCUT2D eigenvalue weighted by atomic mass is 10.1. The third-order valence-electron chi connectivity index (χ3n) is 3.70. The number of aromatic nitrogens is 2. The molecule has 1 N–H and O–H groups in total. The number of hydrogen-bond acceptors (Lipinski definition) is 5. The number of thioether (sulfide) groups is 2. The van der Waals surface area contributed by atoms with Gasteiger partial charge in [0.05, 0.1) is 5.25 Å². The fourth-order valence-electron chi connectivity index (χ4n) is 2.56. The fourth-order valence-corrected chi connectivity index (χ4v) is 5.16. The largest absolute Gasteiger partial charge is 0.315 e. The van der Waals surface area contributed by atoms with E-state index < -0.39 is 0 Å². The van der Waals surface area contributed by atoms with Crippen LogP contribution in [0.5, 0.6) is 0 Å². The van der Waals surface area contributed by atoms with Crippen molar-refractivity contribution in [2.24, 2.45) is 0 Å². The summed E-state index contributed by atoms with van der Waals surface area (Å²) >= 11 is 4.03. The molecule has 0 saturated carbocycles. The first-order chi connectivity index (χ1) is 10.1. The second-order valence-electron chi connectivity index (χ2n) is 5.88. The minimum atomic E-state index is 0.484. The first-order valence-corrected chi connectivity index (χ1v) is 10.0. The zero-order valence-corrected chi connectivity index (χ0v) is 15.2. The summed E-state index contributed by atoms with van der Waals surface area (Å²) in [5.41, 5.74) is 3.70. The Morgan fingerprint density at radius 1 is 1.19 bits per heavy atom. The van der Waals surface area contributed by atoms with Gasteiger partial charge in [0.25, 0.3) is 0 Å². The van der Waals surface area contributed by atoms with Crippen molar-refractivity contribution in [2.45, 2.75) is 51.8 Å². The lowest BCUT2D eigenvalue weighted by molar-refractivity contribution is 0.568. The van der Waals surface area contributed by atoms with Crippen molar-refractivity contribution in [1.82, 2.24) is 15.3 Å². The van der Waals surface area contributed by atoms with E-state index in [1.807, 2.05) is 23.5 Å². The summed E-state index contributed by atoms with van der Waals surface area (Å²) in [5.74, 6) is 4.69. The molecule has 1 aromatic rings. The van der Waals surface area contributed by atoms with Crippen LogP contribution in [0.2, 0.25) is 0 Å². The van der Waals surface area contributed by atoms with E-state index in [0.29, 0.717) is 11.3 Å². The Kier molecular flexibility index (Phi) is 6.83. The van der Waals surface area contributed by atoms with Crippen LogP contribution in [0.1, 0.15) is 48.3 Å². The Bertz CT molecular complexity index is 434. The van der Waals surface area contributed by atoms with E-state index in [1.165, 1.54) is 28.5 Å². The van der Waals surface area contributed by atoms with Gasteiger partial charge in [0.2, 0.25) is 0 Å². The molecular formula is C16H27N3S2. The minimum absolute atomic E-state index is 0.484. The first-order valence-electron chi connectivity index (χ1n) is 7.84. The van der Waals surface area contributed by atoms with E-state index in [9.17, 15) is 0 Å². The molecule has 0 amide bonds. The maximum Gasteiger partial charge on any atom is 0.142 e. The van der Waals surface area contributed by atoms with Crippen LogP contribution in [0.15, 0.2) is 0 Å². The summed E-state index contributed by atoms with van der Waals surface area (Å²) in [7, 11) is 0. The maximum absolute atomic E-state index is 4.81. The number of rotatable bonds is 6. The van der Waals surface area contributed by atoms with Gasteiger partial charge in [-0.15, -0.1) is 11.8 Å². The lowest BCUT2D eigenvalue weighted by Crippen LogP contribution is -2.24. The van der Waals surface area contributed by atoms with Gasteiger partial charge in [0, 0.05) is 34.7 Å². The van der Waals surface area contributed by atoms with Gasteiger partial charge in [-0.3, -0.25) is 0 Å². The zero-order chi connectivity index (χ0) is 15.2. The summed E-state index contributed by atoms with van der Waals surface area (Å²) < 4.78 is 0. The summed E-state index contributed by atoms with van der Waals surface area (Å²) in [6, 6.07) is 0.562. The quantitative estimate of drug-likeness (QED) is 0.810. The standard InChI is InChI=1S/C16H27N3S2/c1-11(2)17-7-5-6-14-12(3)18-16(19-13(14)4)15-10-20-8-9-21-15/h11,15,17H,5-10H2,1-4H3. The molecule has 0 aliphatic carbocycles. The van der Waals surface area contributed by atoms with E-state index in [2.05, 4.69) is 33.0 Å². The SMILES string of the molecule is Cc1nc(C2CSCCS2)nc(C)c1CCCNC(C)C. The van der Waals surface area contributed by atoms with Crippen molar-refractivity contribution in [3.8, 4) is 0 Å². The van der Waals surface area contributed by atoms with E-state index >= 15 is 0 Å². The van der Waals surface area contributed by atoms with E-state index in [-0.39, 0.29) is 0 Å². The summed E-state index contributed by atoms with van der Waals surface area (Å²) in [6.45, 7) is 9.73. The molecule has 2 rings (SSSR count). The summed E-state index contributed by atoms with van der Waals surface area (Å²) in [5, 5.41) is 3.95. The van der Waals surface area contributed by atoms with Crippen LogP contribution in [-0.4, -0.2) is 39.8 Å². The molecule has 1 aliphatic rings. The van der Waals surface area contributed by atoms with E-state index in [0.717, 1.165) is 31.0 Å². The topological polar surface area (TPSA) is 37.8 Å². The summed E-state index contributed by atoms with van der Waals surface area (Å²) in [6.07, 6.45) is 2.22. The van der Waals surface area contributed by atoms with Gasteiger partial charge in [0.15, 0.2) is 0 Å². The minimum Gasteiger partial charge on any atom is -0.315 e. The van der Waals surface area contributed by atoms with Crippen molar-refractivity contribution >= 4 is 23.5 Å². The fraction of sp³-hybridized carbons (Fsp3) is 0.750. The van der Waals surface area contributed by atoms with Gasteiger partial charge < -0.3 is 5.32 Å². The molecule has 1 fully saturated rings. The molecule has 3 nitrogen and oxygen atoms in total. The number of hydrogen-bond donors (Lipinski definition) is 1. The molecule has 0 radical (unpaired) electrons. The predicted molar refractivity (Wildman–Crippen MR) is 95.5 cm³/mol. The van der Waals surface area contributed by atoms with Crippen LogP contribution in [0.25, 0.3) is 0 Å². The first kappa shape index (κ1) is 17.1. The van der Waals surface area contributed by atoms with Crippen LogP contribution >= 0.6 is 23.5 Å². The van der Waals surface area contributed by atoms with E-state index in [1.54, 1.807) is 0 Å². The molecule has 1 aromatic heterocycles. The molecule has 5 heteroatoms. The normalized spacial score (nSPS) is 19.2. The molecule has 1 atom stereocenters. The third kappa shape index (κ3) is 5.15. The Morgan fingerprint density at radius 3 is 2.48 bits per heavy atom. The second-order valence-corrected chi connectivity index (χ2v) is 8.34. The van der Waals surface area contributed by atoms with E-state index in [4.69, 9.17) is 9.97 Å². The average molecular weight is 326 g/mol. The monoisotopic (exact) mass is 325 g/mol. The van der Waals surface area contributed by atoms with Gasteiger partial charge in [0.1, 0.15) is 5.82 Å². The van der Waals surface area contributed by atoms with Gasteiger partial charge in [-0.1, -0.05) is 13.8 Å². The van der Waals surface area contributed by atoms with Gasteiger partial charge >= 0.3 is 0 Å². The van der Waals surface area contributed by atoms with Crippen LogP contribution in [0, 0.1) is 13.8 Å². The molecule has 0 aromatic carbocycles. The molecule has 1 aliphatic heterocycles. The lowest BCUT2D eigenvalue weighted by Gasteiger charge is -2.21. The highest BCUT2D eigenvalue weighted by molar-refractivity contribution is 8.06. The third-order valence-corrected chi connectivity index (χ3v) is 6.45. The maximum atomic E-state index is 4.81. The van der Waals surface area contributed by atoms with Gasteiger partial charge in [-0.05, 0) is 38.8 Å². The Morgan fingerprint density at radius 2 is 1.90 bits per heavy atom. The number of aryl methyl sites for hydroxylation is 2. The van der Waals surface area contributed by atoms with Crippen LogP contribution < -0.4 is 5.32 Å². The Hall–Kier alpha value is -0.260. The van der Waals surface area contributed by atoms with Crippen molar-refractivity contribution in [3.05, 3.63) is 22.8 Å².